The Hall–Kier alpha value is -1.78. The van der Waals surface area contributed by atoms with E-state index in [0.29, 0.717) is 15.7 Å². The van der Waals surface area contributed by atoms with Crippen LogP contribution in [0.2, 0.25) is 10.0 Å². The van der Waals surface area contributed by atoms with E-state index in [1.165, 1.54) is 18.2 Å². The molecule has 1 heterocycles. The number of nitrogens with zero attached hydrogens (tertiary/aromatic N) is 1. The van der Waals surface area contributed by atoms with E-state index in [2.05, 4.69) is 10.2 Å². The lowest BCUT2D eigenvalue weighted by Crippen LogP contribution is -2.18. The number of anilines is 2. The first-order valence-corrected chi connectivity index (χ1v) is 8.10. The van der Waals surface area contributed by atoms with E-state index >= 15 is 0 Å². The molecule has 1 aliphatic heterocycles. The molecule has 23 heavy (non-hydrogen) atoms. The molecule has 120 valence electrons. The molecule has 2 aromatic carbocycles. The van der Waals surface area contributed by atoms with Crippen molar-refractivity contribution >= 4 is 40.5 Å². The van der Waals surface area contributed by atoms with Gasteiger partial charge in [-0.25, -0.2) is 4.39 Å². The van der Waals surface area contributed by atoms with Gasteiger partial charge in [0.1, 0.15) is 5.82 Å². The summed E-state index contributed by atoms with van der Waals surface area (Å²) in [6.45, 7) is 1.80. The molecule has 6 heteroatoms. The predicted octanol–water partition coefficient (Wildman–Crippen LogP) is 4.99. The Morgan fingerprint density at radius 2 is 1.83 bits per heavy atom. The maximum absolute atomic E-state index is 13.9. The summed E-state index contributed by atoms with van der Waals surface area (Å²) in [7, 11) is 0. The van der Waals surface area contributed by atoms with Crippen molar-refractivity contribution in [3.8, 4) is 0 Å². The van der Waals surface area contributed by atoms with Crippen molar-refractivity contribution in [3.63, 3.8) is 0 Å². The van der Waals surface area contributed by atoms with Crippen LogP contribution in [0.1, 0.15) is 23.2 Å². The lowest BCUT2D eigenvalue weighted by atomic mass is 10.2. The zero-order valence-corrected chi connectivity index (χ0v) is 13.8. The Morgan fingerprint density at radius 3 is 2.57 bits per heavy atom. The predicted molar refractivity (Wildman–Crippen MR) is 92.3 cm³/mol. The van der Waals surface area contributed by atoms with Gasteiger partial charge in [0, 0.05) is 29.5 Å². The second-order valence-electron chi connectivity index (χ2n) is 5.47. The fourth-order valence-corrected chi connectivity index (χ4v) is 3.05. The Kier molecular flexibility index (Phi) is 4.74. The molecule has 3 rings (SSSR count). The summed E-state index contributed by atoms with van der Waals surface area (Å²) in [4.78, 5) is 14.4. The molecule has 0 atom stereocenters. The molecule has 0 saturated carbocycles. The first-order valence-electron chi connectivity index (χ1n) is 7.35. The van der Waals surface area contributed by atoms with E-state index in [-0.39, 0.29) is 11.4 Å². The molecule has 3 nitrogen and oxygen atoms in total. The molecule has 1 aliphatic rings. The second kappa shape index (κ2) is 6.77. The molecule has 0 unspecified atom stereocenters. The number of hydrogen-bond donors (Lipinski definition) is 1. The number of carbonyl (C=O) groups excluding carboxylic acids is 1. The zero-order chi connectivity index (χ0) is 16.4. The Bertz CT molecular complexity index is 745. The van der Waals surface area contributed by atoms with Gasteiger partial charge in [0.25, 0.3) is 5.91 Å². The Labute approximate surface area is 144 Å². The van der Waals surface area contributed by atoms with Gasteiger partial charge in [0.2, 0.25) is 0 Å². The van der Waals surface area contributed by atoms with Crippen molar-refractivity contribution in [2.24, 2.45) is 0 Å². The minimum atomic E-state index is -0.421. The number of benzene rings is 2. The number of carbonyl (C=O) groups is 1. The Balaban J connectivity index is 1.84. The highest BCUT2D eigenvalue weighted by Crippen LogP contribution is 2.26. The topological polar surface area (TPSA) is 32.3 Å². The fraction of sp³-hybridized carbons (Fsp3) is 0.235. The van der Waals surface area contributed by atoms with Crippen molar-refractivity contribution in [1.29, 1.82) is 0 Å². The summed E-state index contributed by atoms with van der Waals surface area (Å²) >= 11 is 11.9. The van der Waals surface area contributed by atoms with Crippen LogP contribution in [0.5, 0.6) is 0 Å². The third-order valence-electron chi connectivity index (χ3n) is 3.78. The van der Waals surface area contributed by atoms with Crippen LogP contribution in [0.3, 0.4) is 0 Å². The van der Waals surface area contributed by atoms with Crippen LogP contribution in [0.25, 0.3) is 0 Å². The number of halogens is 3. The van der Waals surface area contributed by atoms with E-state index in [4.69, 9.17) is 23.2 Å². The first-order chi connectivity index (χ1) is 11.0. The van der Waals surface area contributed by atoms with Crippen LogP contribution in [-0.2, 0) is 0 Å². The molecule has 1 saturated heterocycles. The fourth-order valence-electron chi connectivity index (χ4n) is 2.67. The standard InChI is InChI=1S/C17H15Cl2FN2O/c18-11-3-4-16(19)15(7-11)17(23)21-13-8-12(20)9-14(10-13)22-5-1-2-6-22/h3-4,7-10H,1-2,5-6H2,(H,21,23). The molecule has 1 fully saturated rings. The van der Waals surface area contributed by atoms with Gasteiger partial charge in [-0.05, 0) is 49.2 Å². The highest BCUT2D eigenvalue weighted by atomic mass is 35.5. The zero-order valence-electron chi connectivity index (χ0n) is 12.3. The SMILES string of the molecule is O=C(Nc1cc(F)cc(N2CCCC2)c1)c1cc(Cl)ccc1Cl. The lowest BCUT2D eigenvalue weighted by Gasteiger charge is -2.19. The minimum Gasteiger partial charge on any atom is -0.371 e. The monoisotopic (exact) mass is 352 g/mol. The van der Waals surface area contributed by atoms with Crippen LogP contribution in [0.4, 0.5) is 15.8 Å². The third-order valence-corrected chi connectivity index (χ3v) is 4.35. The van der Waals surface area contributed by atoms with Crippen molar-refractivity contribution in [1.82, 2.24) is 0 Å². The van der Waals surface area contributed by atoms with Gasteiger partial charge in [-0.2, -0.15) is 0 Å². The van der Waals surface area contributed by atoms with Gasteiger partial charge >= 0.3 is 0 Å². The van der Waals surface area contributed by atoms with Gasteiger partial charge in [0.15, 0.2) is 0 Å². The van der Waals surface area contributed by atoms with Gasteiger partial charge in [0.05, 0.1) is 10.6 Å². The lowest BCUT2D eigenvalue weighted by molar-refractivity contribution is 0.102. The van der Waals surface area contributed by atoms with Crippen LogP contribution < -0.4 is 10.2 Å². The van der Waals surface area contributed by atoms with Gasteiger partial charge in [-0.15, -0.1) is 0 Å². The van der Waals surface area contributed by atoms with E-state index in [1.807, 2.05) is 0 Å². The summed E-state index contributed by atoms with van der Waals surface area (Å²) in [6, 6.07) is 9.18. The molecule has 0 spiro atoms. The molecule has 0 bridgehead atoms. The van der Waals surface area contributed by atoms with Gasteiger partial charge in [-0.3, -0.25) is 4.79 Å². The average Bonchev–Trinajstić information content (AvgIpc) is 3.03. The van der Waals surface area contributed by atoms with E-state index in [1.54, 1.807) is 18.2 Å². The molecule has 0 aromatic heterocycles. The smallest absolute Gasteiger partial charge is 0.257 e. The number of nitrogens with one attached hydrogen (secondary N) is 1. The summed E-state index contributed by atoms with van der Waals surface area (Å²) in [5.41, 5.74) is 1.43. The van der Waals surface area contributed by atoms with Crippen LogP contribution in [0.15, 0.2) is 36.4 Å². The number of amides is 1. The van der Waals surface area contributed by atoms with Crippen molar-refractivity contribution in [3.05, 3.63) is 57.8 Å². The third kappa shape index (κ3) is 3.77. The largest absolute Gasteiger partial charge is 0.371 e. The van der Waals surface area contributed by atoms with Gasteiger partial charge in [-0.1, -0.05) is 23.2 Å². The van der Waals surface area contributed by atoms with Gasteiger partial charge < -0.3 is 10.2 Å². The molecule has 1 N–H and O–H groups in total. The Morgan fingerprint density at radius 1 is 1.09 bits per heavy atom. The maximum Gasteiger partial charge on any atom is 0.257 e. The van der Waals surface area contributed by atoms with Crippen molar-refractivity contribution in [2.45, 2.75) is 12.8 Å². The number of hydrogen-bond acceptors (Lipinski definition) is 2. The summed E-state index contributed by atoms with van der Waals surface area (Å²) in [6.07, 6.45) is 2.19. The highest BCUT2D eigenvalue weighted by Gasteiger charge is 2.16. The average molecular weight is 353 g/mol. The van der Waals surface area contributed by atoms with E-state index < -0.39 is 5.91 Å². The first kappa shape index (κ1) is 16.1. The highest BCUT2D eigenvalue weighted by molar-refractivity contribution is 6.36. The quantitative estimate of drug-likeness (QED) is 0.844. The molecule has 0 radical (unpaired) electrons. The molecular formula is C17H15Cl2FN2O. The van der Waals surface area contributed by atoms with E-state index in [9.17, 15) is 9.18 Å². The normalized spacial score (nSPS) is 14.1. The van der Waals surface area contributed by atoms with Crippen LogP contribution in [-0.4, -0.2) is 19.0 Å². The molecule has 2 aromatic rings. The summed E-state index contributed by atoms with van der Waals surface area (Å²) in [5, 5.41) is 3.39. The molecule has 0 aliphatic carbocycles. The van der Waals surface area contributed by atoms with Crippen molar-refractivity contribution in [2.75, 3.05) is 23.3 Å². The van der Waals surface area contributed by atoms with Crippen molar-refractivity contribution < 1.29 is 9.18 Å². The summed E-state index contributed by atoms with van der Waals surface area (Å²) < 4.78 is 13.9. The van der Waals surface area contributed by atoms with E-state index in [0.717, 1.165) is 31.6 Å². The maximum atomic E-state index is 13.9. The second-order valence-corrected chi connectivity index (χ2v) is 6.31. The van der Waals surface area contributed by atoms with Crippen LogP contribution in [0, 0.1) is 5.82 Å². The molecule has 1 amide bonds. The number of rotatable bonds is 3. The molecular weight excluding hydrogens is 338 g/mol. The summed E-state index contributed by atoms with van der Waals surface area (Å²) in [5.74, 6) is -0.808. The minimum absolute atomic E-state index is 0.256. The van der Waals surface area contributed by atoms with Crippen LogP contribution >= 0.6 is 23.2 Å².